The maximum atomic E-state index is 12.3. The fraction of sp³-hybridized carbons (Fsp3) is 0.0909. The van der Waals surface area contributed by atoms with Crippen molar-refractivity contribution in [2.75, 3.05) is 5.73 Å². The number of carbonyl (C=O) groups excluding carboxylic acids is 1. The molecule has 0 atom stereocenters. The quantitative estimate of drug-likeness (QED) is 0.684. The van der Waals surface area contributed by atoms with Crippen molar-refractivity contribution in [3.8, 4) is 0 Å². The summed E-state index contributed by atoms with van der Waals surface area (Å²) in [6.07, 6.45) is 1.40. The van der Waals surface area contributed by atoms with Crippen molar-refractivity contribution in [3.05, 3.63) is 44.7 Å². The number of nitrogen functional groups attached to an aromatic ring is 1. The number of halogens is 3. The monoisotopic (exact) mass is 303 g/mol. The lowest BCUT2D eigenvalue weighted by molar-refractivity contribution is 0.103. The van der Waals surface area contributed by atoms with Crippen LogP contribution in [-0.4, -0.2) is 15.6 Å². The first-order chi connectivity index (χ1) is 8.41. The molecule has 1 aromatic carbocycles. The molecule has 18 heavy (non-hydrogen) atoms. The summed E-state index contributed by atoms with van der Waals surface area (Å²) >= 11 is 17.7. The van der Waals surface area contributed by atoms with Crippen LogP contribution in [0.15, 0.2) is 18.3 Å². The van der Waals surface area contributed by atoms with E-state index in [1.54, 1.807) is 7.05 Å². The van der Waals surface area contributed by atoms with Crippen molar-refractivity contribution < 1.29 is 4.79 Å². The molecule has 2 N–H and O–H groups in total. The summed E-state index contributed by atoms with van der Waals surface area (Å²) in [7, 11) is 1.62. The Bertz CT molecular complexity index is 594. The van der Waals surface area contributed by atoms with Crippen molar-refractivity contribution in [1.82, 2.24) is 9.78 Å². The number of aryl methyl sites for hydroxylation is 1. The van der Waals surface area contributed by atoms with E-state index in [1.807, 2.05) is 0 Å². The average molecular weight is 305 g/mol. The molecule has 0 saturated heterocycles. The van der Waals surface area contributed by atoms with Gasteiger partial charge in [-0.05, 0) is 12.1 Å². The van der Waals surface area contributed by atoms with Crippen LogP contribution < -0.4 is 5.73 Å². The number of nitrogens with zero attached hydrogens (tertiary/aromatic N) is 2. The van der Waals surface area contributed by atoms with Gasteiger partial charge in [0.25, 0.3) is 0 Å². The molecule has 2 aromatic rings. The number of hydrogen-bond donors (Lipinski definition) is 1. The van der Waals surface area contributed by atoms with Gasteiger partial charge in [-0.2, -0.15) is 5.10 Å². The van der Waals surface area contributed by atoms with Crippen LogP contribution in [0.2, 0.25) is 15.1 Å². The molecule has 0 amide bonds. The van der Waals surface area contributed by atoms with E-state index >= 15 is 0 Å². The summed E-state index contributed by atoms with van der Waals surface area (Å²) in [5.74, 6) is -0.316. The van der Waals surface area contributed by atoms with Crippen molar-refractivity contribution in [2.24, 2.45) is 7.05 Å². The molecule has 0 unspecified atom stereocenters. The number of rotatable bonds is 2. The van der Waals surface area contributed by atoms with Crippen molar-refractivity contribution in [2.45, 2.75) is 0 Å². The Labute approximate surface area is 118 Å². The van der Waals surface area contributed by atoms with Crippen LogP contribution >= 0.6 is 34.8 Å². The highest BCUT2D eigenvalue weighted by atomic mass is 35.5. The highest BCUT2D eigenvalue weighted by Gasteiger charge is 2.19. The van der Waals surface area contributed by atoms with Crippen molar-refractivity contribution in [3.63, 3.8) is 0 Å². The van der Waals surface area contributed by atoms with E-state index in [4.69, 9.17) is 40.5 Å². The number of nitrogens with two attached hydrogens (primary N) is 1. The summed E-state index contributed by atoms with van der Waals surface area (Å²) in [5, 5.41) is 4.62. The number of benzene rings is 1. The molecule has 0 saturated carbocycles. The molecule has 0 spiro atoms. The normalized spacial score (nSPS) is 10.7. The molecule has 7 heteroatoms. The molecule has 0 aliphatic rings. The number of aromatic nitrogens is 2. The number of carbonyl (C=O) groups is 1. The Morgan fingerprint density at radius 1 is 1.22 bits per heavy atom. The van der Waals surface area contributed by atoms with Gasteiger partial charge in [-0.25, -0.2) is 0 Å². The highest BCUT2D eigenvalue weighted by Crippen LogP contribution is 2.30. The minimum Gasteiger partial charge on any atom is -0.396 e. The molecule has 94 valence electrons. The Morgan fingerprint density at radius 3 is 2.22 bits per heavy atom. The Balaban J connectivity index is 2.54. The molecule has 0 bridgehead atoms. The van der Waals surface area contributed by atoms with Crippen LogP contribution in [0.3, 0.4) is 0 Å². The third kappa shape index (κ3) is 2.19. The zero-order valence-corrected chi connectivity index (χ0v) is 11.5. The van der Waals surface area contributed by atoms with Crippen LogP contribution in [0.5, 0.6) is 0 Å². The van der Waals surface area contributed by atoms with Crippen LogP contribution in [0.4, 0.5) is 5.69 Å². The van der Waals surface area contributed by atoms with Gasteiger partial charge in [0.1, 0.15) is 5.69 Å². The van der Waals surface area contributed by atoms with Gasteiger partial charge in [0.15, 0.2) is 0 Å². The molecule has 0 aliphatic heterocycles. The van der Waals surface area contributed by atoms with Crippen LogP contribution in [0, 0.1) is 0 Å². The van der Waals surface area contributed by atoms with Crippen LogP contribution in [0.1, 0.15) is 16.1 Å². The van der Waals surface area contributed by atoms with Gasteiger partial charge in [-0.15, -0.1) is 0 Å². The molecule has 1 aromatic heterocycles. The van der Waals surface area contributed by atoms with Crippen LogP contribution in [-0.2, 0) is 7.05 Å². The van der Waals surface area contributed by atoms with Crippen molar-refractivity contribution >= 4 is 46.3 Å². The molecule has 0 aliphatic carbocycles. The molecular weight excluding hydrogens is 296 g/mol. The van der Waals surface area contributed by atoms with E-state index in [2.05, 4.69) is 5.10 Å². The fourth-order valence-electron chi connectivity index (χ4n) is 1.52. The lowest BCUT2D eigenvalue weighted by Gasteiger charge is -2.06. The predicted molar refractivity (Wildman–Crippen MR) is 72.5 cm³/mol. The summed E-state index contributed by atoms with van der Waals surface area (Å²) < 4.78 is 1.39. The second kappa shape index (κ2) is 4.80. The molecule has 2 rings (SSSR count). The fourth-order valence-corrected chi connectivity index (χ4v) is 2.26. The summed E-state index contributed by atoms with van der Waals surface area (Å²) in [5.41, 5.74) is 6.43. The third-order valence-electron chi connectivity index (χ3n) is 2.45. The van der Waals surface area contributed by atoms with Gasteiger partial charge in [-0.3, -0.25) is 9.48 Å². The maximum Gasteiger partial charge on any atom is 0.212 e. The van der Waals surface area contributed by atoms with Gasteiger partial charge in [0, 0.05) is 12.6 Å². The molecule has 4 nitrogen and oxygen atoms in total. The first-order valence-corrected chi connectivity index (χ1v) is 6.02. The number of ketones is 1. The van der Waals surface area contributed by atoms with Gasteiger partial charge >= 0.3 is 0 Å². The lowest BCUT2D eigenvalue weighted by Crippen LogP contribution is -2.09. The second-order valence-electron chi connectivity index (χ2n) is 3.65. The summed E-state index contributed by atoms with van der Waals surface area (Å²) in [6, 6.07) is 2.91. The van der Waals surface area contributed by atoms with E-state index < -0.39 is 0 Å². The molecule has 0 radical (unpaired) electrons. The standard InChI is InChI=1S/C11H8Cl3N3O/c1-17-10(8(14)4-16-17)11(18)5-2-6(12)9(15)7(13)3-5/h2-4H,15H2,1H3. The third-order valence-corrected chi connectivity index (χ3v) is 3.35. The zero-order valence-electron chi connectivity index (χ0n) is 9.25. The minimum atomic E-state index is -0.316. The van der Waals surface area contributed by atoms with E-state index in [9.17, 15) is 4.79 Å². The number of hydrogen-bond acceptors (Lipinski definition) is 3. The molecular formula is C11H8Cl3N3O. The summed E-state index contributed by atoms with van der Waals surface area (Å²) in [4.78, 5) is 12.3. The largest absolute Gasteiger partial charge is 0.396 e. The zero-order chi connectivity index (χ0) is 13.4. The molecule has 0 fully saturated rings. The van der Waals surface area contributed by atoms with E-state index in [0.717, 1.165) is 0 Å². The topological polar surface area (TPSA) is 60.9 Å². The smallest absolute Gasteiger partial charge is 0.212 e. The van der Waals surface area contributed by atoms with E-state index in [0.29, 0.717) is 5.56 Å². The molecule has 1 heterocycles. The summed E-state index contributed by atoms with van der Waals surface area (Å²) in [6.45, 7) is 0. The van der Waals surface area contributed by atoms with Crippen LogP contribution in [0.25, 0.3) is 0 Å². The predicted octanol–water partition coefficient (Wildman–Crippen LogP) is 3.19. The average Bonchev–Trinajstić information content (AvgIpc) is 2.64. The van der Waals surface area contributed by atoms with Crippen molar-refractivity contribution in [1.29, 1.82) is 0 Å². The van der Waals surface area contributed by atoms with E-state index in [-0.39, 0.29) is 32.2 Å². The highest BCUT2D eigenvalue weighted by molar-refractivity contribution is 6.40. The number of anilines is 1. The van der Waals surface area contributed by atoms with Gasteiger partial charge in [0.2, 0.25) is 5.78 Å². The first kappa shape index (κ1) is 13.2. The SMILES string of the molecule is Cn1ncc(Cl)c1C(=O)c1cc(Cl)c(N)c(Cl)c1. The Kier molecular flexibility index (Phi) is 3.52. The van der Waals surface area contributed by atoms with Gasteiger partial charge in [0.05, 0.1) is 27.0 Å². The maximum absolute atomic E-state index is 12.3. The minimum absolute atomic E-state index is 0.226. The Hall–Kier alpha value is -1.23. The first-order valence-electron chi connectivity index (χ1n) is 4.88. The van der Waals surface area contributed by atoms with Gasteiger partial charge < -0.3 is 5.73 Å². The lowest BCUT2D eigenvalue weighted by atomic mass is 10.1. The Morgan fingerprint density at radius 2 is 1.78 bits per heavy atom. The second-order valence-corrected chi connectivity index (χ2v) is 4.87. The van der Waals surface area contributed by atoms with E-state index in [1.165, 1.54) is 23.0 Å². The van der Waals surface area contributed by atoms with Gasteiger partial charge in [-0.1, -0.05) is 34.8 Å².